The van der Waals surface area contributed by atoms with E-state index in [4.69, 9.17) is 0 Å². The Balaban J connectivity index is 1.59. The lowest BCUT2D eigenvalue weighted by atomic mass is 10.2. The number of sulfonamides is 1. The van der Waals surface area contributed by atoms with Crippen molar-refractivity contribution in [1.29, 1.82) is 0 Å². The van der Waals surface area contributed by atoms with Gasteiger partial charge in [-0.3, -0.25) is 4.72 Å². The normalized spacial score (nSPS) is 11.2. The van der Waals surface area contributed by atoms with E-state index in [0.717, 1.165) is 18.0 Å². The summed E-state index contributed by atoms with van der Waals surface area (Å²) in [5, 5.41) is 19.4. The molecule has 13 heteroatoms. The monoisotopic (exact) mass is 441 g/mol. The highest BCUT2D eigenvalue weighted by atomic mass is 32.2. The molecule has 0 aliphatic heterocycles. The predicted molar refractivity (Wildman–Crippen MR) is 113 cm³/mol. The van der Waals surface area contributed by atoms with Gasteiger partial charge < -0.3 is 10.6 Å². The quantitative estimate of drug-likeness (QED) is 0.339. The number of rotatable bonds is 7. The molecular formula is C18H16FN9O2S. The van der Waals surface area contributed by atoms with Crippen LogP contribution in [0.15, 0.2) is 54.7 Å². The summed E-state index contributed by atoms with van der Waals surface area (Å²) in [5.74, 6) is -0.219. The van der Waals surface area contributed by atoms with Gasteiger partial charge in [0.05, 0.1) is 23.8 Å². The lowest BCUT2D eigenvalue weighted by molar-refractivity contribution is 0.607. The Morgan fingerprint density at radius 2 is 1.84 bits per heavy atom. The van der Waals surface area contributed by atoms with Gasteiger partial charge in [-0.15, -0.1) is 5.10 Å². The molecule has 4 N–H and O–H groups in total. The zero-order valence-electron chi connectivity index (χ0n) is 16.0. The van der Waals surface area contributed by atoms with Crippen molar-refractivity contribution in [1.82, 2.24) is 30.6 Å². The fourth-order valence-corrected chi connectivity index (χ4v) is 3.26. The number of nitrogens with zero attached hydrogens (tertiary/aromatic N) is 5. The first-order valence-electron chi connectivity index (χ1n) is 8.85. The molecule has 2 aromatic carbocycles. The molecule has 0 atom stereocenters. The van der Waals surface area contributed by atoms with E-state index in [9.17, 15) is 12.8 Å². The Bertz CT molecular complexity index is 1310. The first-order valence-corrected chi connectivity index (χ1v) is 10.7. The number of H-pyrrole nitrogens is 1. The number of para-hydroxylation sites is 2. The SMILES string of the molecule is CS(=O)(=O)Nc1ccccc1Nc1nc(Nc2cccc(-c3nnn[nH]3)c2)ncc1F. The molecule has 0 amide bonds. The highest BCUT2D eigenvalue weighted by Gasteiger charge is 2.12. The van der Waals surface area contributed by atoms with Crippen LogP contribution >= 0.6 is 0 Å². The van der Waals surface area contributed by atoms with Gasteiger partial charge in [0, 0.05) is 11.3 Å². The zero-order valence-corrected chi connectivity index (χ0v) is 16.9. The van der Waals surface area contributed by atoms with Crippen LogP contribution in [-0.2, 0) is 10.0 Å². The molecule has 4 rings (SSSR count). The Hall–Kier alpha value is -4.13. The molecule has 0 aliphatic rings. The second-order valence-electron chi connectivity index (χ2n) is 6.39. The molecule has 0 saturated carbocycles. The standard InChI is InChI=1S/C18H16FN9O2S/c1-31(29,30)26-15-8-3-2-7-14(15)22-17-13(19)10-20-18(23-17)21-12-6-4-5-11(9-12)16-24-27-28-25-16/h2-10,26H,1H3,(H2,20,21,22,23)(H,24,25,27,28). The van der Waals surface area contributed by atoms with Gasteiger partial charge in [-0.25, -0.2) is 22.9 Å². The minimum absolute atomic E-state index is 0.129. The molecule has 158 valence electrons. The van der Waals surface area contributed by atoms with Crippen molar-refractivity contribution in [2.24, 2.45) is 0 Å². The van der Waals surface area contributed by atoms with Crippen molar-refractivity contribution in [2.45, 2.75) is 0 Å². The van der Waals surface area contributed by atoms with E-state index in [1.54, 1.807) is 42.5 Å². The molecule has 0 saturated heterocycles. The fourth-order valence-electron chi connectivity index (χ4n) is 2.68. The molecule has 0 bridgehead atoms. The average Bonchev–Trinajstić information content (AvgIpc) is 3.26. The molecule has 2 heterocycles. The third-order valence-corrected chi connectivity index (χ3v) is 4.55. The van der Waals surface area contributed by atoms with Crippen LogP contribution in [-0.4, -0.2) is 45.3 Å². The summed E-state index contributed by atoms with van der Waals surface area (Å²) in [5.41, 5.74) is 1.95. The highest BCUT2D eigenvalue weighted by Crippen LogP contribution is 2.27. The summed E-state index contributed by atoms with van der Waals surface area (Å²) in [6.07, 6.45) is 2.04. The van der Waals surface area contributed by atoms with Crippen LogP contribution in [0.5, 0.6) is 0 Å². The topological polar surface area (TPSA) is 150 Å². The maximum absolute atomic E-state index is 14.3. The Labute approximate surface area is 176 Å². The molecule has 4 aromatic rings. The number of nitrogens with one attached hydrogen (secondary N) is 4. The van der Waals surface area contributed by atoms with E-state index in [0.29, 0.717) is 17.2 Å². The zero-order chi connectivity index (χ0) is 21.8. The summed E-state index contributed by atoms with van der Waals surface area (Å²) in [4.78, 5) is 8.11. The van der Waals surface area contributed by atoms with Crippen LogP contribution < -0.4 is 15.4 Å². The van der Waals surface area contributed by atoms with Gasteiger partial charge in [0.25, 0.3) is 0 Å². The van der Waals surface area contributed by atoms with E-state index in [1.807, 2.05) is 6.07 Å². The van der Waals surface area contributed by atoms with E-state index < -0.39 is 15.8 Å². The van der Waals surface area contributed by atoms with E-state index >= 15 is 0 Å². The van der Waals surface area contributed by atoms with Gasteiger partial charge in [-0.1, -0.05) is 24.3 Å². The van der Waals surface area contributed by atoms with Gasteiger partial charge in [0.2, 0.25) is 16.0 Å². The smallest absolute Gasteiger partial charge is 0.229 e. The lowest BCUT2D eigenvalue weighted by Gasteiger charge is -2.13. The average molecular weight is 441 g/mol. The third-order valence-electron chi connectivity index (χ3n) is 3.96. The van der Waals surface area contributed by atoms with Crippen LogP contribution in [0.25, 0.3) is 11.4 Å². The van der Waals surface area contributed by atoms with Gasteiger partial charge in [0.1, 0.15) is 0 Å². The van der Waals surface area contributed by atoms with E-state index in [2.05, 4.69) is 45.9 Å². The molecule has 2 aromatic heterocycles. The third kappa shape index (κ3) is 5.08. The van der Waals surface area contributed by atoms with E-state index in [-0.39, 0.29) is 17.5 Å². The lowest BCUT2D eigenvalue weighted by Crippen LogP contribution is -2.11. The van der Waals surface area contributed by atoms with E-state index in [1.165, 1.54) is 0 Å². The summed E-state index contributed by atoms with van der Waals surface area (Å²) in [6, 6.07) is 13.6. The second kappa shape index (κ2) is 8.31. The van der Waals surface area contributed by atoms with Gasteiger partial charge in [-0.2, -0.15) is 4.98 Å². The fraction of sp³-hybridized carbons (Fsp3) is 0.0556. The molecular weight excluding hydrogens is 425 g/mol. The number of aromatic nitrogens is 6. The number of benzene rings is 2. The summed E-state index contributed by atoms with van der Waals surface area (Å²) >= 11 is 0. The minimum Gasteiger partial charge on any atom is -0.336 e. The van der Waals surface area contributed by atoms with Crippen LogP contribution in [0.1, 0.15) is 0 Å². The number of tetrazole rings is 1. The molecule has 0 aliphatic carbocycles. The molecule has 0 radical (unpaired) electrons. The summed E-state index contributed by atoms with van der Waals surface area (Å²) < 4.78 is 39.9. The van der Waals surface area contributed by atoms with Crippen molar-refractivity contribution < 1.29 is 12.8 Å². The van der Waals surface area contributed by atoms with Crippen LogP contribution in [0.4, 0.5) is 33.2 Å². The van der Waals surface area contributed by atoms with Crippen LogP contribution in [0.3, 0.4) is 0 Å². The molecule has 0 spiro atoms. The number of aromatic amines is 1. The molecule has 0 unspecified atom stereocenters. The molecule has 11 nitrogen and oxygen atoms in total. The number of anilines is 5. The predicted octanol–water partition coefficient (Wildman–Crippen LogP) is 2.65. The Morgan fingerprint density at radius 1 is 1.03 bits per heavy atom. The number of hydrogen-bond acceptors (Lipinski definition) is 9. The largest absolute Gasteiger partial charge is 0.336 e. The van der Waals surface area contributed by atoms with Crippen molar-refractivity contribution >= 4 is 38.9 Å². The first-order chi connectivity index (χ1) is 14.9. The van der Waals surface area contributed by atoms with Gasteiger partial charge in [-0.05, 0) is 34.7 Å². The summed E-state index contributed by atoms with van der Waals surface area (Å²) in [7, 11) is -3.52. The van der Waals surface area contributed by atoms with Crippen molar-refractivity contribution in [3.63, 3.8) is 0 Å². The Kier molecular flexibility index (Phi) is 5.41. The van der Waals surface area contributed by atoms with Gasteiger partial charge >= 0.3 is 0 Å². The first kappa shape index (κ1) is 20.2. The number of halogens is 1. The van der Waals surface area contributed by atoms with Crippen LogP contribution in [0.2, 0.25) is 0 Å². The van der Waals surface area contributed by atoms with Gasteiger partial charge in [0.15, 0.2) is 17.5 Å². The van der Waals surface area contributed by atoms with Crippen molar-refractivity contribution in [3.05, 3.63) is 60.5 Å². The Morgan fingerprint density at radius 3 is 2.58 bits per heavy atom. The molecule has 0 fully saturated rings. The minimum atomic E-state index is -3.52. The second-order valence-corrected chi connectivity index (χ2v) is 8.14. The van der Waals surface area contributed by atoms with Crippen molar-refractivity contribution in [2.75, 3.05) is 21.6 Å². The highest BCUT2D eigenvalue weighted by molar-refractivity contribution is 7.92. The maximum Gasteiger partial charge on any atom is 0.229 e. The molecule has 31 heavy (non-hydrogen) atoms. The number of hydrogen-bond donors (Lipinski definition) is 4. The van der Waals surface area contributed by atoms with Crippen molar-refractivity contribution in [3.8, 4) is 11.4 Å². The summed E-state index contributed by atoms with van der Waals surface area (Å²) in [6.45, 7) is 0. The maximum atomic E-state index is 14.3. The van der Waals surface area contributed by atoms with Crippen LogP contribution in [0, 0.1) is 5.82 Å².